The van der Waals surface area contributed by atoms with Crippen LogP contribution in [0.25, 0.3) is 38.8 Å². The fourth-order valence-electron chi connectivity index (χ4n) is 4.24. The second kappa shape index (κ2) is 8.16. The van der Waals surface area contributed by atoms with Crippen LogP contribution in [-0.2, 0) is 18.6 Å². The molecule has 0 spiro atoms. The highest BCUT2D eigenvalue weighted by atomic mass is 19.4. The summed E-state index contributed by atoms with van der Waals surface area (Å²) in [6.07, 6.45) is 0.0587. The van der Waals surface area contributed by atoms with Crippen LogP contribution in [0.3, 0.4) is 0 Å². The summed E-state index contributed by atoms with van der Waals surface area (Å²) in [6.45, 7) is 3.55. The standard InChI is InChI=1S/C26H20F3N7O/c1-25(2,13-30)21-7-5-16(11-32-21)36-12-20-22(34-24(37)35(20)3)17-8-14(4-6-19(17)36)15-9-18(26(27,28)29)23(31)33-10-15/h4-12H,1-3H3,(H2,31,33)/p+1. The number of rotatable bonds is 3. The molecule has 3 N–H and O–H groups in total. The lowest BCUT2D eigenvalue weighted by Crippen LogP contribution is -2.32. The maximum absolute atomic E-state index is 13.4. The van der Waals surface area contributed by atoms with E-state index in [9.17, 15) is 23.2 Å². The smallest absolute Gasteiger partial charge is 0.383 e. The summed E-state index contributed by atoms with van der Waals surface area (Å²) in [5.74, 6) is -0.597. The number of pyridine rings is 3. The van der Waals surface area contributed by atoms with Crippen molar-refractivity contribution in [1.29, 1.82) is 5.26 Å². The van der Waals surface area contributed by atoms with Crippen LogP contribution in [0.2, 0.25) is 0 Å². The first-order valence-electron chi connectivity index (χ1n) is 11.2. The lowest BCUT2D eigenvalue weighted by Gasteiger charge is -2.14. The Morgan fingerprint density at radius 2 is 1.84 bits per heavy atom. The van der Waals surface area contributed by atoms with Gasteiger partial charge in [-0.25, -0.2) is 9.78 Å². The summed E-state index contributed by atoms with van der Waals surface area (Å²) in [4.78, 5) is 23.5. The molecule has 5 aromatic rings. The van der Waals surface area contributed by atoms with Crippen LogP contribution in [0.15, 0.2) is 59.8 Å². The molecule has 5 rings (SSSR count). The van der Waals surface area contributed by atoms with E-state index in [0.29, 0.717) is 38.9 Å². The number of nitrogens with one attached hydrogen (secondary N) is 1. The Labute approximate surface area is 208 Å². The number of aromatic amines is 1. The van der Waals surface area contributed by atoms with Gasteiger partial charge in [0.2, 0.25) is 17.4 Å². The zero-order valence-corrected chi connectivity index (χ0v) is 20.1. The van der Waals surface area contributed by atoms with Crippen LogP contribution in [0, 0.1) is 11.3 Å². The molecule has 0 aliphatic rings. The predicted molar refractivity (Wildman–Crippen MR) is 132 cm³/mol. The maximum atomic E-state index is 13.4. The second-order valence-corrected chi connectivity index (χ2v) is 9.27. The summed E-state index contributed by atoms with van der Waals surface area (Å²) >= 11 is 0. The number of aromatic nitrogens is 5. The van der Waals surface area contributed by atoms with Crippen LogP contribution in [0.5, 0.6) is 0 Å². The minimum Gasteiger partial charge on any atom is -0.383 e. The quantitative estimate of drug-likeness (QED) is 0.358. The fourth-order valence-corrected chi connectivity index (χ4v) is 4.24. The molecule has 0 atom stereocenters. The van der Waals surface area contributed by atoms with E-state index in [0.717, 1.165) is 6.07 Å². The number of H-pyrrole nitrogens is 1. The molecule has 0 unspecified atom stereocenters. The number of aryl methyl sites for hydroxylation is 1. The molecule has 0 fully saturated rings. The molecular weight excluding hydrogens is 483 g/mol. The van der Waals surface area contributed by atoms with Gasteiger partial charge in [0.05, 0.1) is 39.8 Å². The number of nitrogen functional groups attached to an aromatic ring is 1. The van der Waals surface area contributed by atoms with Crippen LogP contribution in [0.4, 0.5) is 19.0 Å². The number of hydrogen-bond donors (Lipinski definition) is 2. The number of nitrogens with two attached hydrogens (primary N) is 1. The number of hydrogen-bond acceptors (Lipinski definition) is 5. The minimum absolute atomic E-state index is 0.231. The summed E-state index contributed by atoms with van der Waals surface area (Å²) in [5, 5.41) is 10.0. The second-order valence-electron chi connectivity index (χ2n) is 9.27. The van der Waals surface area contributed by atoms with Gasteiger partial charge in [0.15, 0.2) is 0 Å². The number of anilines is 1. The highest BCUT2D eigenvalue weighted by Gasteiger charge is 2.34. The van der Waals surface area contributed by atoms with Gasteiger partial charge in [-0.3, -0.25) is 9.55 Å². The van der Waals surface area contributed by atoms with E-state index in [4.69, 9.17) is 5.73 Å². The third-order valence-corrected chi connectivity index (χ3v) is 6.43. The van der Waals surface area contributed by atoms with E-state index < -0.39 is 23.0 Å². The molecule has 0 aliphatic heterocycles. The van der Waals surface area contributed by atoms with Gasteiger partial charge in [0.1, 0.15) is 11.3 Å². The molecule has 4 heterocycles. The molecule has 11 heteroatoms. The lowest BCUT2D eigenvalue weighted by atomic mass is 9.91. The Morgan fingerprint density at radius 3 is 2.49 bits per heavy atom. The molecular formula is C26H21F3N7O+. The van der Waals surface area contributed by atoms with Gasteiger partial charge in [0.25, 0.3) is 0 Å². The highest BCUT2D eigenvalue weighted by Crippen LogP contribution is 2.36. The van der Waals surface area contributed by atoms with E-state index in [2.05, 4.69) is 21.0 Å². The van der Waals surface area contributed by atoms with Gasteiger partial charge in [-0.2, -0.15) is 23.0 Å². The van der Waals surface area contributed by atoms with Crippen molar-refractivity contribution in [2.45, 2.75) is 25.4 Å². The molecule has 0 radical (unpaired) electrons. The van der Waals surface area contributed by atoms with Crippen molar-refractivity contribution in [2.75, 3.05) is 5.73 Å². The largest absolute Gasteiger partial charge is 0.419 e. The van der Waals surface area contributed by atoms with Crippen molar-refractivity contribution in [3.63, 3.8) is 0 Å². The van der Waals surface area contributed by atoms with Crippen molar-refractivity contribution in [2.24, 2.45) is 7.05 Å². The van der Waals surface area contributed by atoms with E-state index in [-0.39, 0.29) is 11.3 Å². The number of benzene rings is 1. The first-order chi connectivity index (χ1) is 17.4. The van der Waals surface area contributed by atoms with E-state index in [1.54, 1.807) is 57.6 Å². The topological polar surface area (TPSA) is 117 Å². The molecule has 4 aromatic heterocycles. The molecule has 0 bridgehead atoms. The van der Waals surface area contributed by atoms with E-state index in [1.807, 2.05) is 10.6 Å². The molecule has 186 valence electrons. The van der Waals surface area contributed by atoms with Gasteiger partial charge < -0.3 is 10.7 Å². The fraction of sp³-hybridized carbons (Fsp3) is 0.192. The average Bonchev–Trinajstić information content (AvgIpc) is 3.16. The third-order valence-electron chi connectivity index (χ3n) is 6.43. The van der Waals surface area contributed by atoms with Crippen molar-refractivity contribution in [1.82, 2.24) is 19.5 Å². The lowest BCUT2D eigenvalue weighted by molar-refractivity contribution is -0.566. The number of fused-ring (bicyclic) bond motifs is 3. The molecule has 1 aromatic carbocycles. The van der Waals surface area contributed by atoms with Crippen LogP contribution in [0.1, 0.15) is 25.1 Å². The summed E-state index contributed by atoms with van der Waals surface area (Å²) in [7, 11) is 1.62. The van der Waals surface area contributed by atoms with Crippen molar-refractivity contribution < 1.29 is 17.7 Å². The van der Waals surface area contributed by atoms with E-state index >= 15 is 0 Å². The molecule has 0 saturated carbocycles. The zero-order chi connectivity index (χ0) is 26.7. The first kappa shape index (κ1) is 24.0. The van der Waals surface area contributed by atoms with Gasteiger partial charge in [-0.1, -0.05) is 0 Å². The zero-order valence-electron chi connectivity index (χ0n) is 20.1. The van der Waals surface area contributed by atoms with Crippen molar-refractivity contribution >= 4 is 27.8 Å². The van der Waals surface area contributed by atoms with Crippen molar-refractivity contribution in [3.8, 4) is 22.9 Å². The molecule has 37 heavy (non-hydrogen) atoms. The Morgan fingerprint density at radius 1 is 1.08 bits per heavy atom. The molecule has 8 nitrogen and oxygen atoms in total. The van der Waals surface area contributed by atoms with Gasteiger partial charge >= 0.3 is 11.9 Å². The van der Waals surface area contributed by atoms with Crippen LogP contribution >= 0.6 is 0 Å². The Hall–Kier alpha value is -4.72. The highest BCUT2D eigenvalue weighted by molar-refractivity contribution is 6.02. The first-order valence-corrected chi connectivity index (χ1v) is 11.2. The Balaban J connectivity index is 1.75. The van der Waals surface area contributed by atoms with Gasteiger partial charge in [-0.05, 0) is 43.7 Å². The number of imidazole rings is 1. The van der Waals surface area contributed by atoms with Gasteiger partial charge in [0, 0.05) is 30.9 Å². The number of nitriles is 1. The monoisotopic (exact) mass is 504 g/mol. The number of alkyl halides is 3. The third kappa shape index (κ3) is 3.96. The van der Waals surface area contributed by atoms with Gasteiger partial charge in [-0.15, -0.1) is 0 Å². The predicted octanol–water partition coefficient (Wildman–Crippen LogP) is 4.16. The van der Waals surface area contributed by atoms with Crippen LogP contribution in [-0.4, -0.2) is 19.5 Å². The normalized spacial score (nSPS) is 12.2. The van der Waals surface area contributed by atoms with E-state index in [1.165, 1.54) is 10.8 Å². The summed E-state index contributed by atoms with van der Waals surface area (Å²) in [5.41, 5.74) is 7.15. The number of nitrogens with zero attached hydrogens (tertiary/aromatic N) is 5. The maximum Gasteiger partial charge on any atom is 0.419 e. The molecule has 0 saturated heterocycles. The Bertz CT molecular complexity index is 1790. The summed E-state index contributed by atoms with van der Waals surface area (Å²) in [6, 6.07) is 11.9. The summed E-state index contributed by atoms with van der Waals surface area (Å²) < 4.78 is 43.6. The molecule has 0 amide bonds. The van der Waals surface area contributed by atoms with Crippen molar-refractivity contribution in [3.05, 3.63) is 76.7 Å². The number of halogens is 3. The SMILES string of the molecule is Cn1c(=O)[nH]c2c3cc(-c4cnc(N)c(C(F)(F)F)c4)ccc3[n+](-c3ccc(C(C)(C)C#N)nc3)cc21. The average molecular weight is 504 g/mol. The Kier molecular flexibility index (Phi) is 5.29. The van der Waals surface area contributed by atoms with Crippen LogP contribution < -0.4 is 16.0 Å². The molecule has 0 aliphatic carbocycles. The minimum atomic E-state index is -4.65.